The molecule has 0 saturated carbocycles. The number of hydrogen-bond donors (Lipinski definition) is 4. The summed E-state index contributed by atoms with van der Waals surface area (Å²) in [7, 11) is 0. The van der Waals surface area contributed by atoms with Gasteiger partial charge in [0.05, 0.1) is 10.6 Å². The van der Waals surface area contributed by atoms with E-state index in [0.717, 1.165) is 17.5 Å². The Kier molecular flexibility index (Phi) is 8.27. The Bertz CT molecular complexity index is 1140. The standard InChI is InChI=1S/C26H31ClN2O6/c1-13(2)24(14(3)4)29-26(34)18-10-15(8-9-21(18)30)35-25-17-7-5-6-16(17)20(11-19(25)27)28-22(31)12-23(32)33/h8-11,13-14,24,30H,5-7,12H2,1-4H3,(H,28,31)(H,29,34)(H,32,33). The largest absolute Gasteiger partial charge is 0.507 e. The van der Waals surface area contributed by atoms with Crippen LogP contribution in [0.2, 0.25) is 5.02 Å². The predicted molar refractivity (Wildman–Crippen MR) is 133 cm³/mol. The van der Waals surface area contributed by atoms with Crippen molar-refractivity contribution in [2.45, 2.75) is 59.4 Å². The maximum absolute atomic E-state index is 12.9. The summed E-state index contributed by atoms with van der Waals surface area (Å²) in [5.74, 6) is -1.22. The number of aliphatic carboxylic acids is 1. The molecule has 0 heterocycles. The van der Waals surface area contributed by atoms with Crippen LogP contribution < -0.4 is 15.4 Å². The van der Waals surface area contributed by atoms with Gasteiger partial charge in [0.25, 0.3) is 5.91 Å². The fourth-order valence-corrected chi connectivity index (χ4v) is 4.74. The molecular formula is C26H31ClN2O6. The first-order chi connectivity index (χ1) is 16.5. The summed E-state index contributed by atoms with van der Waals surface area (Å²) in [6.45, 7) is 8.11. The Hall–Kier alpha value is -3.26. The molecule has 4 N–H and O–H groups in total. The number of carbonyl (C=O) groups excluding carboxylic acids is 2. The highest BCUT2D eigenvalue weighted by Crippen LogP contribution is 2.43. The van der Waals surface area contributed by atoms with E-state index in [4.69, 9.17) is 21.4 Å². The zero-order valence-electron chi connectivity index (χ0n) is 20.3. The minimum Gasteiger partial charge on any atom is -0.507 e. The number of carboxylic acid groups (broad SMARTS) is 1. The number of amides is 2. The van der Waals surface area contributed by atoms with Gasteiger partial charge in [-0.1, -0.05) is 39.3 Å². The number of anilines is 1. The van der Waals surface area contributed by atoms with Crippen LogP contribution in [-0.4, -0.2) is 34.0 Å². The van der Waals surface area contributed by atoms with Crippen LogP contribution in [0.15, 0.2) is 24.3 Å². The van der Waals surface area contributed by atoms with E-state index in [2.05, 4.69) is 10.6 Å². The normalized spacial score (nSPS) is 12.7. The fraction of sp³-hybridized carbons (Fsp3) is 0.423. The molecule has 2 aromatic carbocycles. The number of benzene rings is 2. The zero-order chi connectivity index (χ0) is 25.9. The van der Waals surface area contributed by atoms with Gasteiger partial charge in [-0.2, -0.15) is 0 Å². The molecule has 0 spiro atoms. The summed E-state index contributed by atoms with van der Waals surface area (Å²) in [6.07, 6.45) is 1.53. The number of nitrogens with one attached hydrogen (secondary N) is 2. The highest BCUT2D eigenvalue weighted by Gasteiger charge is 2.26. The first-order valence-electron chi connectivity index (χ1n) is 11.7. The van der Waals surface area contributed by atoms with Gasteiger partial charge in [-0.3, -0.25) is 14.4 Å². The summed E-state index contributed by atoms with van der Waals surface area (Å²) in [6, 6.07) is 5.91. The van der Waals surface area contributed by atoms with Crippen LogP contribution in [-0.2, 0) is 22.4 Å². The highest BCUT2D eigenvalue weighted by molar-refractivity contribution is 6.32. The third kappa shape index (κ3) is 6.25. The second-order valence-corrected chi connectivity index (χ2v) is 9.84. The van der Waals surface area contributed by atoms with Gasteiger partial charge in [-0.05, 0) is 60.9 Å². The van der Waals surface area contributed by atoms with Crippen molar-refractivity contribution >= 4 is 35.1 Å². The number of hydrogen-bond acceptors (Lipinski definition) is 5. The minimum atomic E-state index is -1.22. The van der Waals surface area contributed by atoms with Gasteiger partial charge in [0.1, 0.15) is 23.7 Å². The molecule has 0 unspecified atom stereocenters. The number of halogens is 1. The maximum Gasteiger partial charge on any atom is 0.312 e. The molecule has 0 bridgehead atoms. The molecule has 1 aliphatic carbocycles. The Morgan fingerprint density at radius 2 is 1.71 bits per heavy atom. The highest BCUT2D eigenvalue weighted by atomic mass is 35.5. The number of carbonyl (C=O) groups is 3. The molecule has 1 aliphatic rings. The number of fused-ring (bicyclic) bond motifs is 1. The molecule has 2 aromatic rings. The van der Waals surface area contributed by atoms with E-state index in [1.807, 2.05) is 27.7 Å². The monoisotopic (exact) mass is 502 g/mol. The van der Waals surface area contributed by atoms with E-state index in [1.54, 1.807) is 12.1 Å². The van der Waals surface area contributed by atoms with Gasteiger partial charge >= 0.3 is 5.97 Å². The van der Waals surface area contributed by atoms with Crippen LogP contribution in [0.1, 0.15) is 62.0 Å². The third-order valence-corrected chi connectivity index (χ3v) is 6.34. The van der Waals surface area contributed by atoms with Crippen molar-refractivity contribution in [1.82, 2.24) is 5.32 Å². The Morgan fingerprint density at radius 1 is 1.06 bits per heavy atom. The molecule has 188 valence electrons. The van der Waals surface area contributed by atoms with Gasteiger partial charge in [0, 0.05) is 17.3 Å². The maximum atomic E-state index is 12.9. The molecule has 0 fully saturated rings. The van der Waals surface area contributed by atoms with Crippen molar-refractivity contribution in [3.05, 3.63) is 46.0 Å². The molecule has 0 aliphatic heterocycles. The minimum absolute atomic E-state index is 0.0620. The van der Waals surface area contributed by atoms with E-state index >= 15 is 0 Å². The number of phenolic OH excluding ortho intramolecular Hbond substituents is 1. The summed E-state index contributed by atoms with van der Waals surface area (Å²) < 4.78 is 6.09. The number of ether oxygens (including phenoxy) is 1. The Balaban J connectivity index is 1.88. The van der Waals surface area contributed by atoms with E-state index in [-0.39, 0.29) is 34.2 Å². The van der Waals surface area contributed by atoms with Gasteiger partial charge in [-0.25, -0.2) is 0 Å². The Morgan fingerprint density at radius 3 is 2.34 bits per heavy atom. The molecule has 0 aromatic heterocycles. The van der Waals surface area contributed by atoms with Crippen molar-refractivity contribution in [2.75, 3.05) is 5.32 Å². The van der Waals surface area contributed by atoms with Gasteiger partial charge in [-0.15, -0.1) is 0 Å². The zero-order valence-corrected chi connectivity index (χ0v) is 21.0. The molecule has 3 rings (SSSR count). The van der Waals surface area contributed by atoms with E-state index in [1.165, 1.54) is 12.1 Å². The van der Waals surface area contributed by atoms with Crippen molar-refractivity contribution < 1.29 is 29.3 Å². The van der Waals surface area contributed by atoms with Crippen LogP contribution in [0.5, 0.6) is 17.2 Å². The summed E-state index contributed by atoms with van der Waals surface area (Å²) in [5, 5.41) is 25.0. The first-order valence-corrected chi connectivity index (χ1v) is 12.0. The second kappa shape index (κ2) is 11.0. The number of carboxylic acids is 1. The van der Waals surface area contributed by atoms with Crippen molar-refractivity contribution in [2.24, 2.45) is 11.8 Å². The SMILES string of the molecule is CC(C)C(NC(=O)c1cc(Oc2c(Cl)cc(NC(=O)CC(=O)O)c3c2CCC3)ccc1O)C(C)C. The third-order valence-electron chi connectivity index (χ3n) is 6.06. The van der Waals surface area contributed by atoms with Crippen LogP contribution in [0.4, 0.5) is 5.69 Å². The van der Waals surface area contributed by atoms with Crippen molar-refractivity contribution in [1.29, 1.82) is 0 Å². The van der Waals surface area contributed by atoms with Crippen molar-refractivity contribution in [3.8, 4) is 17.2 Å². The quantitative estimate of drug-likeness (QED) is 0.351. The van der Waals surface area contributed by atoms with Gasteiger partial charge in [0.15, 0.2) is 0 Å². The lowest BCUT2D eigenvalue weighted by atomic mass is 9.93. The van der Waals surface area contributed by atoms with Gasteiger partial charge < -0.3 is 25.6 Å². The number of aromatic hydroxyl groups is 1. The molecule has 0 atom stereocenters. The van der Waals surface area contributed by atoms with Gasteiger partial charge in [0.2, 0.25) is 5.91 Å². The lowest BCUT2D eigenvalue weighted by Crippen LogP contribution is -2.42. The molecule has 9 heteroatoms. The molecular weight excluding hydrogens is 472 g/mol. The van der Waals surface area contributed by atoms with Crippen molar-refractivity contribution in [3.63, 3.8) is 0 Å². The van der Waals surface area contributed by atoms with E-state index < -0.39 is 24.2 Å². The lowest BCUT2D eigenvalue weighted by Gasteiger charge is -2.26. The van der Waals surface area contributed by atoms with Crippen LogP contribution in [0.25, 0.3) is 0 Å². The van der Waals surface area contributed by atoms with Crippen LogP contribution >= 0.6 is 11.6 Å². The topological polar surface area (TPSA) is 125 Å². The second-order valence-electron chi connectivity index (χ2n) is 9.43. The predicted octanol–water partition coefficient (Wildman–Crippen LogP) is 5.15. The molecule has 2 amide bonds. The molecule has 0 radical (unpaired) electrons. The molecule has 35 heavy (non-hydrogen) atoms. The Labute approximate surface area is 209 Å². The lowest BCUT2D eigenvalue weighted by molar-refractivity contribution is -0.139. The summed E-state index contributed by atoms with van der Waals surface area (Å²) in [4.78, 5) is 35.7. The fourth-order valence-electron chi connectivity index (χ4n) is 4.48. The molecule has 0 saturated heterocycles. The number of phenols is 1. The average molecular weight is 503 g/mol. The average Bonchev–Trinajstić information content (AvgIpc) is 3.24. The summed E-state index contributed by atoms with van der Waals surface area (Å²) in [5.41, 5.74) is 2.23. The number of rotatable bonds is 9. The summed E-state index contributed by atoms with van der Waals surface area (Å²) >= 11 is 6.50. The first kappa shape index (κ1) is 26.3. The van der Waals surface area contributed by atoms with Crippen LogP contribution in [0.3, 0.4) is 0 Å². The van der Waals surface area contributed by atoms with Crippen LogP contribution in [0, 0.1) is 11.8 Å². The molecule has 8 nitrogen and oxygen atoms in total. The van der Waals surface area contributed by atoms with E-state index in [0.29, 0.717) is 30.0 Å². The smallest absolute Gasteiger partial charge is 0.312 e. The van der Waals surface area contributed by atoms with E-state index in [9.17, 15) is 19.5 Å².